The summed E-state index contributed by atoms with van der Waals surface area (Å²) in [6, 6.07) is 13.2. The van der Waals surface area contributed by atoms with Gasteiger partial charge in [0, 0.05) is 18.8 Å². The van der Waals surface area contributed by atoms with E-state index in [1.165, 1.54) is 16.4 Å². The highest BCUT2D eigenvalue weighted by Gasteiger charge is 2.33. The van der Waals surface area contributed by atoms with Crippen molar-refractivity contribution in [1.29, 1.82) is 5.26 Å². The number of amides is 1. The monoisotopic (exact) mass is 387 g/mol. The van der Waals surface area contributed by atoms with Crippen LogP contribution in [0.2, 0.25) is 0 Å². The van der Waals surface area contributed by atoms with Crippen molar-refractivity contribution < 1.29 is 17.6 Å². The van der Waals surface area contributed by atoms with Crippen molar-refractivity contribution in [3.05, 3.63) is 59.9 Å². The molecule has 1 fully saturated rings. The smallest absolute Gasteiger partial charge is 0.243 e. The number of hydrogen-bond donors (Lipinski definition) is 1. The lowest BCUT2D eigenvalue weighted by Gasteiger charge is -2.31. The summed E-state index contributed by atoms with van der Waals surface area (Å²) in [7, 11) is -3.79. The van der Waals surface area contributed by atoms with Gasteiger partial charge in [-0.2, -0.15) is 9.57 Å². The Morgan fingerprint density at radius 3 is 2.67 bits per heavy atom. The lowest BCUT2D eigenvalue weighted by atomic mass is 9.98. The summed E-state index contributed by atoms with van der Waals surface area (Å²) in [4.78, 5) is 12.6. The van der Waals surface area contributed by atoms with Crippen molar-refractivity contribution in [1.82, 2.24) is 4.31 Å². The van der Waals surface area contributed by atoms with E-state index in [9.17, 15) is 17.6 Å². The first-order chi connectivity index (χ1) is 12.9. The molecule has 1 atom stereocenters. The normalized spacial score (nSPS) is 17.9. The largest absolute Gasteiger partial charge is 0.326 e. The molecule has 3 rings (SSSR count). The van der Waals surface area contributed by atoms with Crippen molar-refractivity contribution in [3.8, 4) is 6.07 Å². The Bertz CT molecular complexity index is 984. The number of anilines is 1. The molecule has 0 saturated carbocycles. The Balaban J connectivity index is 1.72. The van der Waals surface area contributed by atoms with Crippen LogP contribution in [-0.2, 0) is 14.8 Å². The summed E-state index contributed by atoms with van der Waals surface area (Å²) < 4.78 is 39.8. The third kappa shape index (κ3) is 4.32. The van der Waals surface area contributed by atoms with Crippen LogP contribution in [0.25, 0.3) is 0 Å². The van der Waals surface area contributed by atoms with Gasteiger partial charge in [-0.3, -0.25) is 4.79 Å². The number of benzene rings is 2. The van der Waals surface area contributed by atoms with Crippen LogP contribution in [-0.4, -0.2) is 31.7 Å². The van der Waals surface area contributed by atoms with Crippen molar-refractivity contribution >= 4 is 21.6 Å². The van der Waals surface area contributed by atoms with Crippen molar-refractivity contribution in [2.75, 3.05) is 18.4 Å². The number of piperidine rings is 1. The molecule has 2 aromatic carbocycles. The van der Waals surface area contributed by atoms with Gasteiger partial charge in [-0.05, 0) is 55.3 Å². The Morgan fingerprint density at radius 1 is 1.22 bits per heavy atom. The van der Waals surface area contributed by atoms with Gasteiger partial charge in [-0.1, -0.05) is 6.07 Å². The molecule has 0 radical (unpaired) electrons. The molecular weight excluding hydrogens is 369 g/mol. The molecule has 140 valence electrons. The number of nitrogens with one attached hydrogen (secondary N) is 1. The van der Waals surface area contributed by atoms with E-state index in [0.29, 0.717) is 30.6 Å². The topological polar surface area (TPSA) is 90.3 Å². The molecule has 0 spiro atoms. The summed E-state index contributed by atoms with van der Waals surface area (Å²) in [5.41, 5.74) is 0.925. The standard InChI is InChI=1S/C19H18FN3O3S/c20-16-6-8-18(9-7-16)27(25,26)23-10-2-4-15(13-23)19(24)22-17-5-1-3-14(11-17)12-21/h1,3,5-9,11,15H,2,4,10,13H2,(H,22,24)/t15-/m0/s1. The fourth-order valence-electron chi connectivity index (χ4n) is 3.04. The second kappa shape index (κ2) is 7.86. The quantitative estimate of drug-likeness (QED) is 0.873. The molecule has 0 unspecified atom stereocenters. The zero-order valence-electron chi connectivity index (χ0n) is 14.4. The second-order valence-electron chi connectivity index (χ2n) is 6.34. The molecule has 1 aliphatic heterocycles. The Morgan fingerprint density at radius 2 is 1.96 bits per heavy atom. The predicted molar refractivity (Wildman–Crippen MR) is 97.7 cm³/mol. The summed E-state index contributed by atoms with van der Waals surface area (Å²) in [6.45, 7) is 0.372. The first-order valence-electron chi connectivity index (χ1n) is 8.47. The van der Waals surface area contributed by atoms with Crippen LogP contribution in [0.4, 0.5) is 10.1 Å². The lowest BCUT2D eigenvalue weighted by Crippen LogP contribution is -2.43. The molecule has 1 aliphatic rings. The number of hydrogen-bond acceptors (Lipinski definition) is 4. The lowest BCUT2D eigenvalue weighted by molar-refractivity contribution is -0.120. The predicted octanol–water partition coefficient (Wildman–Crippen LogP) is 2.74. The fourth-order valence-corrected chi connectivity index (χ4v) is 4.57. The van der Waals surface area contributed by atoms with Gasteiger partial charge in [0.15, 0.2) is 0 Å². The number of rotatable bonds is 4. The maximum Gasteiger partial charge on any atom is 0.243 e. The molecule has 0 aliphatic carbocycles. The van der Waals surface area contributed by atoms with Gasteiger partial charge in [0.1, 0.15) is 5.82 Å². The molecule has 1 amide bonds. The first-order valence-corrected chi connectivity index (χ1v) is 9.91. The van der Waals surface area contributed by atoms with Gasteiger partial charge in [0.05, 0.1) is 22.4 Å². The van der Waals surface area contributed by atoms with E-state index in [0.717, 1.165) is 12.1 Å². The highest BCUT2D eigenvalue weighted by atomic mass is 32.2. The number of sulfonamides is 1. The van der Waals surface area contributed by atoms with Gasteiger partial charge in [0.25, 0.3) is 0 Å². The van der Waals surface area contributed by atoms with Crippen molar-refractivity contribution in [2.45, 2.75) is 17.7 Å². The van der Waals surface area contributed by atoms with E-state index >= 15 is 0 Å². The average Bonchev–Trinajstić information content (AvgIpc) is 2.68. The van der Waals surface area contributed by atoms with Crippen LogP contribution in [0.5, 0.6) is 0 Å². The molecule has 0 bridgehead atoms. The molecule has 1 saturated heterocycles. The molecular formula is C19H18FN3O3S. The highest BCUT2D eigenvalue weighted by molar-refractivity contribution is 7.89. The number of nitrogens with zero attached hydrogens (tertiary/aromatic N) is 2. The minimum Gasteiger partial charge on any atom is -0.326 e. The number of carbonyl (C=O) groups excluding carboxylic acids is 1. The highest BCUT2D eigenvalue weighted by Crippen LogP contribution is 2.25. The van der Waals surface area contributed by atoms with Gasteiger partial charge >= 0.3 is 0 Å². The second-order valence-corrected chi connectivity index (χ2v) is 8.28. The average molecular weight is 387 g/mol. The van der Waals surface area contributed by atoms with E-state index in [4.69, 9.17) is 5.26 Å². The number of carbonyl (C=O) groups is 1. The fraction of sp³-hybridized carbons (Fsp3) is 0.263. The molecule has 0 aromatic heterocycles. The maximum absolute atomic E-state index is 13.1. The number of nitriles is 1. The summed E-state index contributed by atoms with van der Waals surface area (Å²) in [5, 5.41) is 11.7. The number of halogens is 1. The SMILES string of the molecule is N#Cc1cccc(NC(=O)[C@H]2CCCN(S(=O)(=O)c3ccc(F)cc3)C2)c1. The Hall–Kier alpha value is -2.76. The van der Waals surface area contributed by atoms with E-state index in [1.807, 2.05) is 6.07 Å². The third-order valence-electron chi connectivity index (χ3n) is 4.47. The first kappa shape index (κ1) is 19.0. The van der Waals surface area contributed by atoms with Crippen molar-refractivity contribution in [2.24, 2.45) is 5.92 Å². The van der Waals surface area contributed by atoms with Crippen LogP contribution >= 0.6 is 0 Å². The minimum atomic E-state index is -3.79. The van der Waals surface area contributed by atoms with Gasteiger partial charge in [0.2, 0.25) is 15.9 Å². The van der Waals surface area contributed by atoms with Crippen molar-refractivity contribution in [3.63, 3.8) is 0 Å². The molecule has 1 N–H and O–H groups in total. The van der Waals surface area contributed by atoms with Crippen LogP contribution in [0.3, 0.4) is 0 Å². The molecule has 2 aromatic rings. The van der Waals surface area contributed by atoms with E-state index in [1.54, 1.807) is 24.3 Å². The minimum absolute atomic E-state index is 0.00618. The maximum atomic E-state index is 13.1. The van der Waals surface area contributed by atoms with Crippen LogP contribution in [0.15, 0.2) is 53.4 Å². The van der Waals surface area contributed by atoms with E-state index in [-0.39, 0.29) is 17.3 Å². The Kier molecular flexibility index (Phi) is 5.54. The van der Waals surface area contributed by atoms with Gasteiger partial charge in [-0.15, -0.1) is 0 Å². The third-order valence-corrected chi connectivity index (χ3v) is 6.34. The van der Waals surface area contributed by atoms with Crippen LogP contribution in [0.1, 0.15) is 18.4 Å². The summed E-state index contributed by atoms with van der Waals surface area (Å²) >= 11 is 0. The summed E-state index contributed by atoms with van der Waals surface area (Å²) in [5.74, 6) is -1.30. The van der Waals surface area contributed by atoms with E-state index in [2.05, 4.69) is 5.32 Å². The Labute approximate surface area is 157 Å². The molecule has 27 heavy (non-hydrogen) atoms. The molecule has 6 nitrogen and oxygen atoms in total. The zero-order valence-corrected chi connectivity index (χ0v) is 15.2. The zero-order chi connectivity index (χ0) is 19.4. The van der Waals surface area contributed by atoms with E-state index < -0.39 is 21.8 Å². The molecule has 8 heteroatoms. The summed E-state index contributed by atoms with van der Waals surface area (Å²) in [6.07, 6.45) is 1.12. The van der Waals surface area contributed by atoms with Gasteiger partial charge < -0.3 is 5.32 Å². The molecule has 1 heterocycles. The van der Waals surface area contributed by atoms with Gasteiger partial charge in [-0.25, -0.2) is 12.8 Å². The van der Waals surface area contributed by atoms with Crippen LogP contribution in [0, 0.1) is 23.1 Å². The van der Waals surface area contributed by atoms with Crippen LogP contribution < -0.4 is 5.32 Å².